The lowest BCUT2D eigenvalue weighted by molar-refractivity contribution is -0.144. The lowest BCUT2D eigenvalue weighted by Gasteiger charge is -2.64. The predicted molar refractivity (Wildman–Crippen MR) is 195 cm³/mol. The zero-order valence-electron chi connectivity index (χ0n) is 31.1. The van der Waals surface area contributed by atoms with Crippen molar-refractivity contribution in [3.63, 3.8) is 0 Å². The third-order valence-corrected chi connectivity index (χ3v) is 14.8. The van der Waals surface area contributed by atoms with Crippen LogP contribution in [0.2, 0.25) is 0 Å². The Morgan fingerprint density at radius 3 is 2.42 bits per heavy atom. The molecule has 7 nitrogen and oxygen atoms in total. The quantitative estimate of drug-likeness (QED) is 0.171. The minimum absolute atomic E-state index is 0.0189. The molecule has 1 aromatic heterocycles. The summed E-state index contributed by atoms with van der Waals surface area (Å²) in [6, 6.07) is 1.75. The SMILES string of the molecule is C=C(C)[C@H]1C(=O)c2c3c(cc4c5c(n1c24)[C@@]1(C)C(CC[C@H]2[C@](C)(C=CC=C(C)C(=O)O)[C@@H](O)CC[C@@]21C)C5)C1=CC(C)(C)OC(C)(C)C1[C@@H]3O. The summed E-state index contributed by atoms with van der Waals surface area (Å²) < 4.78 is 8.86. The fraction of sp³-hybridized carbons (Fsp3) is 0.581. The molecule has 2 aromatic rings. The zero-order chi connectivity index (χ0) is 36.2. The molecule has 3 heterocycles. The number of hydrogen-bond donors (Lipinski definition) is 3. The Morgan fingerprint density at radius 1 is 1.06 bits per heavy atom. The average Bonchev–Trinajstić information content (AvgIpc) is 3.67. The molecule has 0 spiro atoms. The van der Waals surface area contributed by atoms with E-state index in [4.69, 9.17) is 4.74 Å². The maximum atomic E-state index is 14.8. The number of ketones is 1. The maximum Gasteiger partial charge on any atom is 0.331 e. The molecule has 50 heavy (non-hydrogen) atoms. The highest BCUT2D eigenvalue weighted by molar-refractivity contribution is 6.18. The number of aromatic nitrogens is 1. The Morgan fingerprint density at radius 2 is 1.76 bits per heavy atom. The maximum absolute atomic E-state index is 14.8. The van der Waals surface area contributed by atoms with Gasteiger partial charge in [-0.2, -0.15) is 0 Å². The molecular weight excluding hydrogens is 626 g/mol. The van der Waals surface area contributed by atoms with E-state index in [0.717, 1.165) is 58.9 Å². The van der Waals surface area contributed by atoms with Crippen LogP contribution in [0.1, 0.15) is 133 Å². The monoisotopic (exact) mass is 679 g/mol. The first-order valence-electron chi connectivity index (χ1n) is 18.5. The summed E-state index contributed by atoms with van der Waals surface area (Å²) in [7, 11) is 0. The van der Waals surface area contributed by atoms with Crippen molar-refractivity contribution < 1.29 is 29.6 Å². The highest BCUT2D eigenvalue weighted by Gasteiger charge is 2.67. The van der Waals surface area contributed by atoms with Gasteiger partial charge >= 0.3 is 5.97 Å². The number of nitrogens with zero attached hydrogens (tertiary/aromatic N) is 1. The number of carbonyl (C=O) groups excluding carboxylic acids is 1. The van der Waals surface area contributed by atoms with Crippen LogP contribution in [0, 0.1) is 28.6 Å². The molecular formula is C43H53NO6. The second-order valence-electron chi connectivity index (χ2n) is 18.3. The van der Waals surface area contributed by atoms with Crippen LogP contribution >= 0.6 is 0 Å². The third kappa shape index (κ3) is 3.98. The number of carbonyl (C=O) groups is 2. The summed E-state index contributed by atoms with van der Waals surface area (Å²) >= 11 is 0. The number of ether oxygens (including phenoxy) is 1. The summed E-state index contributed by atoms with van der Waals surface area (Å²) in [5.74, 6) is -0.702. The van der Waals surface area contributed by atoms with Crippen molar-refractivity contribution in [1.29, 1.82) is 0 Å². The Hall–Kier alpha value is -3.26. The van der Waals surface area contributed by atoms with Crippen molar-refractivity contribution in [1.82, 2.24) is 4.57 Å². The van der Waals surface area contributed by atoms with Gasteiger partial charge < -0.3 is 24.6 Å². The van der Waals surface area contributed by atoms with Crippen molar-refractivity contribution in [2.24, 2.45) is 28.6 Å². The van der Waals surface area contributed by atoms with Crippen LogP contribution in [-0.2, 0) is 21.4 Å². The van der Waals surface area contributed by atoms with Gasteiger partial charge in [0.15, 0.2) is 5.78 Å². The van der Waals surface area contributed by atoms with Gasteiger partial charge in [-0.05, 0) is 120 Å². The number of benzene rings is 1. The Bertz CT molecular complexity index is 2020. The van der Waals surface area contributed by atoms with Crippen molar-refractivity contribution >= 4 is 28.2 Å². The van der Waals surface area contributed by atoms with Crippen molar-refractivity contribution in [3.8, 4) is 0 Å². The Labute approximate surface area is 295 Å². The summed E-state index contributed by atoms with van der Waals surface area (Å²) in [4.78, 5) is 26.4. The van der Waals surface area contributed by atoms with E-state index in [1.54, 1.807) is 13.0 Å². The van der Waals surface area contributed by atoms with Gasteiger partial charge in [0.1, 0.15) is 6.04 Å². The molecule has 0 amide bonds. The fourth-order valence-electron chi connectivity index (χ4n) is 12.6. The largest absolute Gasteiger partial charge is 0.478 e. The standard InChI is InChI=1S/C43H53NO6/c1-21(2)33-36(47)31-30-24(27-20-39(4,5)50-40(6,7)32(27)35(30)46)19-25-26-18-23-13-14-28-41(8,16-11-12-22(3)38(48)49)29(45)15-17-42(28,9)43(23,10)37(26)44(33)34(25)31/h11-12,16,19-20,23,28-29,32-33,35,45-46H,1,13-15,17-18H2,2-10H3,(H,48,49)/t23?,28-,29-,32?,33-,35+,41-,42-,43+/m0/s1. The van der Waals surface area contributed by atoms with Crippen LogP contribution < -0.4 is 0 Å². The van der Waals surface area contributed by atoms with Gasteiger partial charge in [0.25, 0.3) is 0 Å². The van der Waals surface area contributed by atoms with Gasteiger partial charge in [0.2, 0.25) is 0 Å². The number of rotatable bonds is 4. The van der Waals surface area contributed by atoms with Crippen LogP contribution in [0.5, 0.6) is 0 Å². The first-order chi connectivity index (χ1) is 23.2. The number of aliphatic hydroxyl groups is 2. The minimum Gasteiger partial charge on any atom is -0.478 e. The molecule has 0 bridgehead atoms. The fourth-order valence-corrected chi connectivity index (χ4v) is 12.6. The number of carboxylic acids is 1. The molecule has 0 radical (unpaired) electrons. The molecule has 2 unspecified atom stereocenters. The van der Waals surface area contributed by atoms with Crippen LogP contribution in [0.15, 0.2) is 48.1 Å². The molecule has 9 atom stereocenters. The zero-order valence-corrected chi connectivity index (χ0v) is 31.1. The molecule has 0 saturated heterocycles. The van der Waals surface area contributed by atoms with Gasteiger partial charge in [0.05, 0.1) is 34.5 Å². The van der Waals surface area contributed by atoms with Crippen molar-refractivity contribution in [3.05, 3.63) is 76.0 Å². The summed E-state index contributed by atoms with van der Waals surface area (Å²) in [6.07, 6.45) is 10.7. The number of aliphatic hydroxyl groups excluding tert-OH is 2. The highest BCUT2D eigenvalue weighted by Crippen LogP contribution is 2.71. The van der Waals surface area contributed by atoms with Crippen molar-refractivity contribution in [2.45, 2.75) is 129 Å². The minimum atomic E-state index is -0.950. The van der Waals surface area contributed by atoms with Crippen LogP contribution in [-0.4, -0.2) is 48.9 Å². The van der Waals surface area contributed by atoms with Crippen molar-refractivity contribution in [2.75, 3.05) is 0 Å². The van der Waals surface area contributed by atoms with E-state index in [1.165, 1.54) is 11.3 Å². The van der Waals surface area contributed by atoms with Crippen LogP contribution in [0.25, 0.3) is 16.5 Å². The first kappa shape index (κ1) is 33.9. The highest BCUT2D eigenvalue weighted by atomic mass is 16.5. The molecule has 2 saturated carbocycles. The first-order valence-corrected chi connectivity index (χ1v) is 18.5. The third-order valence-electron chi connectivity index (χ3n) is 14.8. The number of allylic oxidation sites excluding steroid dienone is 3. The summed E-state index contributed by atoms with van der Waals surface area (Å²) in [5.41, 5.74) is 5.80. The normalized spacial score (nSPS) is 39.2. The van der Waals surface area contributed by atoms with Gasteiger partial charge in [-0.1, -0.05) is 51.2 Å². The number of Topliss-reactive ketones (excluding diaryl/α,β-unsaturated/α-hetero) is 1. The number of aliphatic carboxylic acids is 1. The predicted octanol–water partition coefficient (Wildman–Crippen LogP) is 8.18. The molecule has 8 rings (SSSR count). The molecule has 2 aliphatic heterocycles. The van der Waals surface area contributed by atoms with Crippen LogP contribution in [0.3, 0.4) is 0 Å². The molecule has 4 aliphatic carbocycles. The molecule has 7 heteroatoms. The average molecular weight is 680 g/mol. The summed E-state index contributed by atoms with van der Waals surface area (Å²) in [6.45, 7) is 23.1. The van der Waals surface area contributed by atoms with E-state index >= 15 is 0 Å². The number of hydrogen-bond acceptors (Lipinski definition) is 5. The molecule has 266 valence electrons. The smallest absolute Gasteiger partial charge is 0.331 e. The second-order valence-corrected chi connectivity index (χ2v) is 18.3. The van der Waals surface area contributed by atoms with Crippen LogP contribution in [0.4, 0.5) is 0 Å². The lowest BCUT2D eigenvalue weighted by Crippen LogP contribution is -2.62. The second kappa shape index (κ2) is 10.2. The van der Waals surface area contributed by atoms with E-state index in [2.05, 4.69) is 64.0 Å². The molecule has 2 fully saturated rings. The summed E-state index contributed by atoms with van der Waals surface area (Å²) in [5, 5.41) is 34.4. The number of carboxylic acid groups (broad SMARTS) is 1. The number of fused-ring (bicyclic) bond motifs is 11. The van der Waals surface area contributed by atoms with Gasteiger partial charge in [-0.3, -0.25) is 4.79 Å². The Kier molecular flexibility index (Phi) is 6.91. The lowest BCUT2D eigenvalue weighted by atomic mass is 9.40. The van der Waals surface area contributed by atoms with E-state index in [1.807, 2.05) is 26.8 Å². The van der Waals surface area contributed by atoms with E-state index in [9.17, 15) is 24.9 Å². The van der Waals surface area contributed by atoms with Gasteiger partial charge in [-0.25, -0.2) is 4.79 Å². The van der Waals surface area contributed by atoms with Gasteiger partial charge in [0, 0.05) is 39.0 Å². The topological polar surface area (TPSA) is 109 Å². The molecule has 6 aliphatic rings. The van der Waals surface area contributed by atoms with Gasteiger partial charge in [-0.15, -0.1) is 0 Å². The van der Waals surface area contributed by atoms with E-state index in [0.29, 0.717) is 17.9 Å². The Balaban J connectivity index is 1.36. The molecule has 1 aromatic carbocycles. The van der Waals surface area contributed by atoms with E-state index in [-0.39, 0.29) is 34.0 Å². The molecule has 3 N–H and O–H groups in total. The van der Waals surface area contributed by atoms with E-state index < -0.39 is 40.8 Å².